The van der Waals surface area contributed by atoms with E-state index >= 15 is 0 Å². The zero-order valence-corrected chi connectivity index (χ0v) is 12.4. The highest BCUT2D eigenvalue weighted by Gasteiger charge is 2.25. The fraction of sp³-hybridized carbons (Fsp3) is 0.278. The molecule has 1 unspecified atom stereocenters. The zero-order valence-electron chi connectivity index (χ0n) is 12.4. The Kier molecular flexibility index (Phi) is 3.91. The summed E-state index contributed by atoms with van der Waals surface area (Å²) in [7, 11) is 0. The second kappa shape index (κ2) is 6.00. The van der Waals surface area contributed by atoms with Gasteiger partial charge in [0.1, 0.15) is 0 Å². The smallest absolute Gasteiger partial charge is 0.0542 e. The number of likely N-dealkylation sites (tertiary alicyclic amines) is 1. The van der Waals surface area contributed by atoms with Crippen LogP contribution in [0.3, 0.4) is 0 Å². The number of allylic oxidation sites excluding steroid dienone is 1. The Morgan fingerprint density at radius 2 is 2.10 bits per heavy atom. The Bertz CT molecular complexity index is 639. The highest BCUT2D eigenvalue weighted by atomic mass is 15.3. The molecule has 0 bridgehead atoms. The van der Waals surface area contributed by atoms with Crippen molar-refractivity contribution in [1.29, 1.82) is 0 Å². The van der Waals surface area contributed by atoms with E-state index in [-0.39, 0.29) is 0 Å². The number of aromatic nitrogens is 2. The van der Waals surface area contributed by atoms with Crippen LogP contribution in [0.1, 0.15) is 30.1 Å². The maximum absolute atomic E-state index is 4.26. The average molecular weight is 279 g/mol. The predicted molar refractivity (Wildman–Crippen MR) is 86.6 cm³/mol. The molecule has 1 saturated heterocycles. The summed E-state index contributed by atoms with van der Waals surface area (Å²) in [4.78, 5) is 2.39. The third-order valence-electron chi connectivity index (χ3n) is 4.08. The highest BCUT2D eigenvalue weighted by molar-refractivity contribution is 5.34. The van der Waals surface area contributed by atoms with Gasteiger partial charge in [0.25, 0.3) is 0 Å². The van der Waals surface area contributed by atoms with Gasteiger partial charge in [-0.2, -0.15) is 5.10 Å². The van der Waals surface area contributed by atoms with E-state index in [1.165, 1.54) is 18.4 Å². The number of nitrogens with zero attached hydrogens (tertiary/aromatic N) is 3. The molecule has 1 aromatic heterocycles. The van der Waals surface area contributed by atoms with Crippen molar-refractivity contribution >= 4 is 6.20 Å². The Morgan fingerprint density at radius 1 is 1.29 bits per heavy atom. The van der Waals surface area contributed by atoms with Crippen LogP contribution in [0, 0.1) is 6.92 Å². The van der Waals surface area contributed by atoms with Gasteiger partial charge in [0.15, 0.2) is 0 Å². The van der Waals surface area contributed by atoms with E-state index in [1.54, 1.807) is 0 Å². The van der Waals surface area contributed by atoms with Crippen LogP contribution in [0.4, 0.5) is 0 Å². The minimum absolute atomic E-state index is 0.446. The first kappa shape index (κ1) is 13.7. The van der Waals surface area contributed by atoms with Crippen molar-refractivity contribution in [2.75, 3.05) is 6.54 Å². The van der Waals surface area contributed by atoms with Crippen molar-refractivity contribution in [3.05, 3.63) is 72.2 Å². The Balaban J connectivity index is 1.75. The van der Waals surface area contributed by atoms with Gasteiger partial charge >= 0.3 is 0 Å². The van der Waals surface area contributed by atoms with Gasteiger partial charge in [0, 0.05) is 30.3 Å². The minimum atomic E-state index is 0.446. The third-order valence-corrected chi connectivity index (χ3v) is 4.08. The molecule has 0 radical (unpaired) electrons. The lowest BCUT2D eigenvalue weighted by molar-refractivity contribution is 0.338. The quantitative estimate of drug-likeness (QED) is 0.788. The number of hydrogen-bond donors (Lipinski definition) is 0. The molecule has 1 atom stereocenters. The number of benzene rings is 1. The van der Waals surface area contributed by atoms with Gasteiger partial charge in [0.2, 0.25) is 0 Å². The molecule has 0 amide bonds. The van der Waals surface area contributed by atoms with E-state index in [1.807, 2.05) is 30.1 Å². The monoisotopic (exact) mass is 279 g/mol. The van der Waals surface area contributed by atoms with E-state index in [9.17, 15) is 0 Å². The van der Waals surface area contributed by atoms with Gasteiger partial charge in [0.05, 0.1) is 6.04 Å². The summed E-state index contributed by atoms with van der Waals surface area (Å²) in [5.41, 5.74) is 3.55. The first-order valence-corrected chi connectivity index (χ1v) is 7.44. The molecule has 1 aromatic carbocycles. The summed E-state index contributed by atoms with van der Waals surface area (Å²) >= 11 is 0. The lowest BCUT2D eigenvalue weighted by Gasteiger charge is -2.27. The van der Waals surface area contributed by atoms with Crippen molar-refractivity contribution in [2.24, 2.45) is 0 Å². The summed E-state index contributed by atoms with van der Waals surface area (Å²) < 4.78 is 1.87. The molecule has 1 aliphatic heterocycles. The molecule has 1 fully saturated rings. The molecule has 3 nitrogen and oxygen atoms in total. The van der Waals surface area contributed by atoms with Crippen LogP contribution in [0.25, 0.3) is 6.20 Å². The van der Waals surface area contributed by atoms with Gasteiger partial charge in [-0.05, 0) is 37.5 Å². The summed E-state index contributed by atoms with van der Waals surface area (Å²) in [5, 5.41) is 4.26. The van der Waals surface area contributed by atoms with Crippen molar-refractivity contribution in [3.8, 4) is 0 Å². The lowest BCUT2D eigenvalue weighted by atomic mass is 10.0. The maximum atomic E-state index is 4.26. The van der Waals surface area contributed by atoms with Gasteiger partial charge in [-0.25, -0.2) is 4.68 Å². The van der Waals surface area contributed by atoms with Gasteiger partial charge in [-0.1, -0.05) is 36.9 Å². The average Bonchev–Trinajstić information content (AvgIpc) is 3.15. The fourth-order valence-corrected chi connectivity index (χ4v) is 2.92. The summed E-state index contributed by atoms with van der Waals surface area (Å²) in [6.45, 7) is 7.35. The molecule has 108 valence electrons. The number of hydrogen-bond acceptors (Lipinski definition) is 2. The predicted octanol–water partition coefficient (Wildman–Crippen LogP) is 4.01. The fourth-order valence-electron chi connectivity index (χ4n) is 2.92. The molecule has 3 rings (SSSR count). The van der Waals surface area contributed by atoms with Crippen LogP contribution in [0.2, 0.25) is 0 Å². The largest absolute Gasteiger partial charge is 0.365 e. The molecule has 0 saturated carbocycles. The lowest BCUT2D eigenvalue weighted by Crippen LogP contribution is -2.21. The molecule has 21 heavy (non-hydrogen) atoms. The Labute approximate surface area is 126 Å². The molecular weight excluding hydrogens is 258 g/mol. The van der Waals surface area contributed by atoms with Crippen LogP contribution < -0.4 is 0 Å². The van der Waals surface area contributed by atoms with Gasteiger partial charge in [-0.3, -0.25) is 0 Å². The normalized spacial score (nSPS) is 18.5. The van der Waals surface area contributed by atoms with E-state index in [0.717, 1.165) is 17.9 Å². The third kappa shape index (κ3) is 2.92. The highest BCUT2D eigenvalue weighted by Crippen LogP contribution is 2.34. The van der Waals surface area contributed by atoms with E-state index in [2.05, 4.69) is 53.0 Å². The topological polar surface area (TPSA) is 21.1 Å². The van der Waals surface area contributed by atoms with Crippen molar-refractivity contribution in [1.82, 2.24) is 14.7 Å². The second-order valence-corrected chi connectivity index (χ2v) is 5.49. The summed E-state index contributed by atoms with van der Waals surface area (Å²) in [6, 6.07) is 13.1. The first-order valence-electron chi connectivity index (χ1n) is 7.44. The maximum Gasteiger partial charge on any atom is 0.0542 e. The molecule has 0 N–H and O–H groups in total. The van der Waals surface area contributed by atoms with E-state index in [4.69, 9.17) is 0 Å². The van der Waals surface area contributed by atoms with E-state index in [0.29, 0.717) is 6.04 Å². The van der Waals surface area contributed by atoms with Crippen molar-refractivity contribution in [2.45, 2.75) is 25.8 Å². The van der Waals surface area contributed by atoms with Crippen molar-refractivity contribution < 1.29 is 0 Å². The standard InChI is InChI=1S/C18H21N3/c1-15(11-14-21-16(2)10-12-19-21)20-13-6-9-18(20)17-7-4-3-5-8-17/h3-5,7-8,10-12,14,18H,1,6,9,13H2,2H3/b14-11-. The summed E-state index contributed by atoms with van der Waals surface area (Å²) in [6.07, 6.45) is 8.26. The molecule has 0 aliphatic carbocycles. The first-order chi connectivity index (χ1) is 10.3. The van der Waals surface area contributed by atoms with Gasteiger partial charge < -0.3 is 4.90 Å². The van der Waals surface area contributed by atoms with Crippen LogP contribution in [-0.2, 0) is 0 Å². The molecule has 2 heterocycles. The SMILES string of the molecule is C=C(/C=C\n1nccc1C)N1CCCC1c1ccccc1. The summed E-state index contributed by atoms with van der Waals surface area (Å²) in [5.74, 6) is 0. The Hall–Kier alpha value is -2.29. The van der Waals surface area contributed by atoms with Crippen LogP contribution in [0.15, 0.2) is 60.9 Å². The van der Waals surface area contributed by atoms with Crippen LogP contribution >= 0.6 is 0 Å². The zero-order chi connectivity index (χ0) is 14.7. The van der Waals surface area contributed by atoms with Crippen LogP contribution in [-0.4, -0.2) is 21.2 Å². The molecule has 3 heteroatoms. The van der Waals surface area contributed by atoms with Crippen molar-refractivity contribution in [3.63, 3.8) is 0 Å². The number of rotatable bonds is 4. The molecule has 1 aliphatic rings. The second-order valence-electron chi connectivity index (χ2n) is 5.49. The number of aryl methyl sites for hydroxylation is 1. The molecule has 0 spiro atoms. The Morgan fingerprint density at radius 3 is 2.81 bits per heavy atom. The minimum Gasteiger partial charge on any atom is -0.365 e. The molecule has 2 aromatic rings. The van der Waals surface area contributed by atoms with Crippen LogP contribution in [0.5, 0.6) is 0 Å². The van der Waals surface area contributed by atoms with Gasteiger partial charge in [-0.15, -0.1) is 0 Å². The molecular formula is C18H21N3. The van der Waals surface area contributed by atoms with E-state index < -0.39 is 0 Å².